The maximum Gasteiger partial charge on any atom is 0.354 e. The zero-order chi connectivity index (χ0) is 19.4. The molecule has 0 bridgehead atoms. The Kier molecular flexibility index (Phi) is 3.88. The number of anilines is 1. The predicted molar refractivity (Wildman–Crippen MR) is 108 cm³/mol. The van der Waals surface area contributed by atoms with Crippen molar-refractivity contribution in [3.05, 3.63) is 68.9 Å². The minimum Gasteiger partial charge on any atom is -0.364 e. The molecule has 0 saturated heterocycles. The lowest BCUT2D eigenvalue weighted by Crippen LogP contribution is -2.24. The summed E-state index contributed by atoms with van der Waals surface area (Å²) in [5, 5.41) is 4.07. The van der Waals surface area contributed by atoms with Crippen molar-refractivity contribution in [3.63, 3.8) is 0 Å². The van der Waals surface area contributed by atoms with Gasteiger partial charge in [-0.15, -0.1) is 0 Å². The lowest BCUT2D eigenvalue weighted by Gasteiger charge is -2.16. The van der Waals surface area contributed by atoms with Crippen molar-refractivity contribution < 1.29 is 4.39 Å². The van der Waals surface area contributed by atoms with E-state index in [1.807, 2.05) is 6.07 Å². The normalized spacial score (nSPS) is 20.8. The number of nitrogens with one attached hydrogen (secondary N) is 1. The van der Waals surface area contributed by atoms with Gasteiger partial charge in [0.15, 0.2) is 5.69 Å². The molecule has 0 radical (unpaired) electrons. The van der Waals surface area contributed by atoms with Gasteiger partial charge in [0.2, 0.25) is 0 Å². The molecule has 1 N–H and O–H groups in total. The molecule has 2 aromatic carbocycles. The van der Waals surface area contributed by atoms with E-state index in [0.717, 1.165) is 18.4 Å². The predicted octanol–water partition coefficient (Wildman–Crippen LogP) is 4.99. The van der Waals surface area contributed by atoms with Crippen LogP contribution in [0.25, 0.3) is 21.4 Å². The van der Waals surface area contributed by atoms with Crippen molar-refractivity contribution in [1.82, 2.24) is 9.55 Å². The molecular weight excluding hydrogens is 379 g/mol. The Balaban J connectivity index is 1.82. The van der Waals surface area contributed by atoms with Gasteiger partial charge in [-0.05, 0) is 48.6 Å². The molecule has 0 unspecified atom stereocenters. The standard InChI is InChI=1S/C21H16ClFN4O/c1-24-16-8-13-19(9-12(16)11-6-7-11)27(18-5-3-2-4-14(18)22)21(28)26-20(13)25-17-10-15(17)23/h2-5,8-9,11,15,17H,6-7,10H2,(H,25,26,28)/t15-,17+/m1/s1. The number of halogens is 2. The van der Waals surface area contributed by atoms with E-state index in [4.69, 9.17) is 18.2 Å². The molecule has 2 atom stereocenters. The van der Waals surface area contributed by atoms with Crippen molar-refractivity contribution in [3.8, 4) is 5.69 Å². The summed E-state index contributed by atoms with van der Waals surface area (Å²) in [5.41, 5.74) is 2.16. The highest BCUT2D eigenvalue weighted by Gasteiger charge is 2.38. The van der Waals surface area contributed by atoms with Crippen molar-refractivity contribution >= 4 is 34.0 Å². The average Bonchev–Trinajstić information content (AvgIpc) is 3.60. The third-order valence-electron chi connectivity index (χ3n) is 5.31. The first-order valence-electron chi connectivity index (χ1n) is 9.20. The zero-order valence-electron chi connectivity index (χ0n) is 14.8. The van der Waals surface area contributed by atoms with Gasteiger partial charge >= 0.3 is 5.69 Å². The van der Waals surface area contributed by atoms with Crippen molar-refractivity contribution in [2.75, 3.05) is 5.32 Å². The Bertz CT molecular complexity index is 1210. The Morgan fingerprint density at radius 2 is 2.04 bits per heavy atom. The summed E-state index contributed by atoms with van der Waals surface area (Å²) in [4.78, 5) is 20.8. The van der Waals surface area contributed by atoms with Crippen LogP contribution in [0.2, 0.25) is 5.02 Å². The Morgan fingerprint density at radius 1 is 1.29 bits per heavy atom. The number of alkyl halides is 1. The third kappa shape index (κ3) is 2.83. The zero-order valence-corrected chi connectivity index (χ0v) is 15.6. The SMILES string of the molecule is [C-]#[N+]c1cc2c(N[C@H]3C[C@H]3F)nc(=O)n(-c3ccccc3Cl)c2cc1C1CC1. The quantitative estimate of drug-likeness (QED) is 0.634. The van der Waals surface area contributed by atoms with Crippen LogP contribution in [0.3, 0.4) is 0 Å². The third-order valence-corrected chi connectivity index (χ3v) is 5.63. The van der Waals surface area contributed by atoms with Crippen molar-refractivity contribution in [1.29, 1.82) is 0 Å². The molecule has 7 heteroatoms. The molecule has 0 spiro atoms. The van der Waals surface area contributed by atoms with E-state index in [-0.39, 0.29) is 6.04 Å². The molecule has 3 aromatic rings. The maximum absolute atomic E-state index is 13.4. The summed E-state index contributed by atoms with van der Waals surface area (Å²) in [7, 11) is 0. The first-order chi connectivity index (χ1) is 13.6. The fourth-order valence-electron chi connectivity index (χ4n) is 3.56. The molecule has 5 rings (SSSR count). The van der Waals surface area contributed by atoms with Crippen LogP contribution < -0.4 is 11.0 Å². The number of rotatable bonds is 4. The molecule has 5 nitrogen and oxygen atoms in total. The van der Waals surface area contributed by atoms with Gasteiger partial charge in [0, 0.05) is 11.8 Å². The van der Waals surface area contributed by atoms with Crippen LogP contribution in [0.15, 0.2) is 41.2 Å². The van der Waals surface area contributed by atoms with Gasteiger partial charge in [-0.1, -0.05) is 23.7 Å². The number of benzene rings is 2. The van der Waals surface area contributed by atoms with Crippen LogP contribution in [0.5, 0.6) is 0 Å². The fourth-order valence-corrected chi connectivity index (χ4v) is 3.78. The van der Waals surface area contributed by atoms with E-state index in [9.17, 15) is 9.18 Å². The van der Waals surface area contributed by atoms with Gasteiger partial charge in [-0.3, -0.25) is 4.57 Å². The topological polar surface area (TPSA) is 51.3 Å². The first-order valence-corrected chi connectivity index (χ1v) is 9.58. The monoisotopic (exact) mass is 394 g/mol. The molecule has 28 heavy (non-hydrogen) atoms. The molecule has 0 amide bonds. The fraction of sp³-hybridized carbons (Fsp3) is 0.286. The van der Waals surface area contributed by atoms with E-state index >= 15 is 0 Å². The second kappa shape index (κ2) is 6.32. The number of para-hydroxylation sites is 1. The Hall–Kier alpha value is -2.91. The van der Waals surface area contributed by atoms with Crippen LogP contribution in [-0.2, 0) is 0 Å². The van der Waals surface area contributed by atoms with E-state index in [2.05, 4.69) is 15.1 Å². The number of hydrogen-bond acceptors (Lipinski definition) is 3. The molecule has 2 aliphatic carbocycles. The maximum atomic E-state index is 13.4. The summed E-state index contributed by atoms with van der Waals surface area (Å²) in [6, 6.07) is 10.4. The Labute approximate surface area is 165 Å². The summed E-state index contributed by atoms with van der Waals surface area (Å²) < 4.78 is 14.9. The highest BCUT2D eigenvalue weighted by Crippen LogP contribution is 2.46. The second-order valence-electron chi connectivity index (χ2n) is 7.35. The highest BCUT2D eigenvalue weighted by molar-refractivity contribution is 6.32. The molecular formula is C21H16ClFN4O. The van der Waals surface area contributed by atoms with E-state index in [1.54, 1.807) is 30.3 Å². The lowest BCUT2D eigenvalue weighted by molar-refractivity contribution is 0.472. The first kappa shape index (κ1) is 17.2. The van der Waals surface area contributed by atoms with Gasteiger partial charge in [0.25, 0.3) is 0 Å². The van der Waals surface area contributed by atoms with Crippen LogP contribution in [0, 0.1) is 6.57 Å². The number of nitrogens with zero attached hydrogens (tertiary/aromatic N) is 3. The molecule has 2 saturated carbocycles. The minimum atomic E-state index is -0.936. The van der Waals surface area contributed by atoms with Gasteiger partial charge in [0.1, 0.15) is 12.0 Å². The van der Waals surface area contributed by atoms with Crippen molar-refractivity contribution in [2.24, 2.45) is 0 Å². The average molecular weight is 395 g/mol. The molecule has 0 aliphatic heterocycles. The summed E-state index contributed by atoms with van der Waals surface area (Å²) >= 11 is 6.36. The molecule has 140 valence electrons. The van der Waals surface area contributed by atoms with E-state index in [1.165, 1.54) is 4.57 Å². The van der Waals surface area contributed by atoms with Crippen molar-refractivity contribution in [2.45, 2.75) is 37.4 Å². The van der Waals surface area contributed by atoms with Gasteiger partial charge in [-0.25, -0.2) is 14.0 Å². The Morgan fingerprint density at radius 3 is 2.68 bits per heavy atom. The summed E-state index contributed by atoms with van der Waals surface area (Å²) in [5.74, 6) is 0.659. The lowest BCUT2D eigenvalue weighted by atomic mass is 10.0. The van der Waals surface area contributed by atoms with Gasteiger partial charge in [0.05, 0.1) is 28.8 Å². The van der Waals surface area contributed by atoms with E-state index in [0.29, 0.717) is 45.5 Å². The summed E-state index contributed by atoms with van der Waals surface area (Å²) in [6.07, 6.45) is 1.53. The molecule has 2 aliphatic rings. The molecule has 1 aromatic heterocycles. The molecule has 2 fully saturated rings. The molecule has 1 heterocycles. The number of aromatic nitrogens is 2. The smallest absolute Gasteiger partial charge is 0.354 e. The highest BCUT2D eigenvalue weighted by atomic mass is 35.5. The van der Waals surface area contributed by atoms with Crippen LogP contribution in [0.1, 0.15) is 30.7 Å². The number of hydrogen-bond donors (Lipinski definition) is 1. The van der Waals surface area contributed by atoms with Gasteiger partial charge in [-0.2, -0.15) is 4.98 Å². The van der Waals surface area contributed by atoms with E-state index < -0.39 is 11.9 Å². The van der Waals surface area contributed by atoms with Crippen LogP contribution >= 0.6 is 11.6 Å². The second-order valence-corrected chi connectivity index (χ2v) is 7.75. The number of fused-ring (bicyclic) bond motifs is 1. The minimum absolute atomic E-state index is 0.320. The van der Waals surface area contributed by atoms with Gasteiger partial charge < -0.3 is 5.32 Å². The summed E-state index contributed by atoms with van der Waals surface area (Å²) in [6.45, 7) is 7.57. The van der Waals surface area contributed by atoms with Crippen LogP contribution in [0.4, 0.5) is 15.9 Å². The van der Waals surface area contributed by atoms with Crippen LogP contribution in [-0.4, -0.2) is 21.8 Å². The largest absolute Gasteiger partial charge is 0.364 e.